The van der Waals surface area contributed by atoms with E-state index in [0.29, 0.717) is 31.6 Å². The topological polar surface area (TPSA) is 119 Å². The number of carboxylic acid groups (broad SMARTS) is 1. The van der Waals surface area contributed by atoms with Crippen LogP contribution in [0.4, 0.5) is 5.69 Å². The first-order valence-electron chi connectivity index (χ1n) is 7.24. The van der Waals surface area contributed by atoms with Crippen LogP contribution in [0.15, 0.2) is 24.3 Å². The molecule has 1 fully saturated rings. The number of amides is 1. The Morgan fingerprint density at radius 1 is 1.35 bits per heavy atom. The van der Waals surface area contributed by atoms with Gasteiger partial charge in [-0.2, -0.15) is 0 Å². The molecule has 0 aliphatic carbocycles. The van der Waals surface area contributed by atoms with E-state index in [-0.39, 0.29) is 24.6 Å². The molecule has 23 heavy (non-hydrogen) atoms. The van der Waals surface area contributed by atoms with E-state index >= 15 is 0 Å². The van der Waals surface area contributed by atoms with Crippen LogP contribution in [0.1, 0.15) is 18.4 Å². The summed E-state index contributed by atoms with van der Waals surface area (Å²) in [5, 5.41) is 22.7. The summed E-state index contributed by atoms with van der Waals surface area (Å²) >= 11 is 0. The average molecular weight is 322 g/mol. The number of non-ortho nitro benzene ring substituents is 1. The summed E-state index contributed by atoms with van der Waals surface area (Å²) in [6, 6.07) is 5.82. The number of ether oxygens (including phenoxy) is 1. The van der Waals surface area contributed by atoms with Crippen molar-refractivity contribution in [3.8, 4) is 0 Å². The van der Waals surface area contributed by atoms with E-state index in [2.05, 4.69) is 5.32 Å². The molecular weight excluding hydrogens is 304 g/mol. The lowest BCUT2D eigenvalue weighted by Gasteiger charge is -2.33. The number of nitro groups is 1. The molecule has 0 radical (unpaired) electrons. The molecule has 1 aromatic carbocycles. The van der Waals surface area contributed by atoms with Crippen LogP contribution in [0, 0.1) is 15.5 Å². The highest BCUT2D eigenvalue weighted by atomic mass is 16.6. The van der Waals surface area contributed by atoms with E-state index in [0.717, 1.165) is 0 Å². The minimum atomic E-state index is -1.00. The van der Waals surface area contributed by atoms with Gasteiger partial charge < -0.3 is 15.2 Å². The third kappa shape index (κ3) is 4.26. The second-order valence-corrected chi connectivity index (χ2v) is 5.58. The first-order chi connectivity index (χ1) is 10.9. The van der Waals surface area contributed by atoms with Gasteiger partial charge in [-0.15, -0.1) is 0 Å². The Morgan fingerprint density at radius 3 is 2.65 bits per heavy atom. The third-order valence-electron chi connectivity index (χ3n) is 4.01. The van der Waals surface area contributed by atoms with Crippen molar-refractivity contribution in [2.45, 2.75) is 19.3 Å². The maximum absolute atomic E-state index is 12.0. The van der Waals surface area contributed by atoms with Gasteiger partial charge in [0.15, 0.2) is 0 Å². The van der Waals surface area contributed by atoms with Gasteiger partial charge in [0.1, 0.15) is 0 Å². The Morgan fingerprint density at radius 2 is 2.04 bits per heavy atom. The van der Waals surface area contributed by atoms with E-state index in [9.17, 15) is 24.8 Å². The fraction of sp³-hybridized carbons (Fsp3) is 0.467. The molecule has 0 aromatic heterocycles. The molecule has 8 nitrogen and oxygen atoms in total. The number of carboxylic acids is 1. The fourth-order valence-corrected chi connectivity index (χ4v) is 2.52. The van der Waals surface area contributed by atoms with Crippen molar-refractivity contribution in [3.05, 3.63) is 39.9 Å². The number of carbonyl (C=O) groups excluding carboxylic acids is 1. The molecule has 8 heteroatoms. The van der Waals surface area contributed by atoms with E-state index in [1.165, 1.54) is 18.2 Å². The van der Waals surface area contributed by atoms with Crippen molar-refractivity contribution in [3.63, 3.8) is 0 Å². The molecule has 0 saturated carbocycles. The van der Waals surface area contributed by atoms with E-state index in [1.54, 1.807) is 6.07 Å². The first kappa shape index (κ1) is 16.9. The number of aliphatic carboxylic acids is 1. The van der Waals surface area contributed by atoms with Gasteiger partial charge in [0.25, 0.3) is 5.69 Å². The van der Waals surface area contributed by atoms with Crippen molar-refractivity contribution >= 4 is 17.6 Å². The monoisotopic (exact) mass is 322 g/mol. The van der Waals surface area contributed by atoms with E-state index in [1.807, 2.05) is 0 Å². The molecule has 0 bridgehead atoms. The molecule has 1 aliphatic rings. The number of nitrogens with one attached hydrogen (secondary N) is 1. The number of rotatable bonds is 6. The van der Waals surface area contributed by atoms with Crippen LogP contribution in [0.3, 0.4) is 0 Å². The van der Waals surface area contributed by atoms with Gasteiger partial charge in [-0.1, -0.05) is 12.1 Å². The van der Waals surface area contributed by atoms with Crippen LogP contribution in [-0.2, 0) is 20.7 Å². The van der Waals surface area contributed by atoms with Crippen molar-refractivity contribution in [2.75, 3.05) is 19.8 Å². The quantitative estimate of drug-likeness (QED) is 0.598. The zero-order valence-corrected chi connectivity index (χ0v) is 12.5. The Hall–Kier alpha value is -2.48. The number of carbonyl (C=O) groups is 2. The molecular formula is C15H18N2O6. The maximum Gasteiger partial charge on any atom is 0.311 e. The summed E-state index contributed by atoms with van der Waals surface area (Å²) < 4.78 is 5.17. The van der Waals surface area contributed by atoms with Crippen LogP contribution < -0.4 is 5.32 Å². The largest absolute Gasteiger partial charge is 0.481 e. The highest BCUT2D eigenvalue weighted by Crippen LogP contribution is 2.30. The zero-order chi connectivity index (χ0) is 16.9. The number of nitrogens with zero attached hydrogens (tertiary/aromatic N) is 1. The van der Waals surface area contributed by atoms with Gasteiger partial charge in [0.2, 0.25) is 5.91 Å². The zero-order valence-electron chi connectivity index (χ0n) is 12.5. The molecule has 1 aromatic rings. The molecule has 0 atom stereocenters. The third-order valence-corrected chi connectivity index (χ3v) is 4.01. The van der Waals surface area contributed by atoms with Gasteiger partial charge >= 0.3 is 5.97 Å². The molecule has 1 amide bonds. The summed E-state index contributed by atoms with van der Waals surface area (Å²) in [6.07, 6.45) is 0.659. The average Bonchev–Trinajstić information content (AvgIpc) is 2.54. The lowest BCUT2D eigenvalue weighted by molar-refractivity contribution is -0.384. The van der Waals surface area contributed by atoms with E-state index < -0.39 is 16.3 Å². The lowest BCUT2D eigenvalue weighted by atomic mass is 9.80. The van der Waals surface area contributed by atoms with Gasteiger partial charge in [-0.05, 0) is 18.4 Å². The van der Waals surface area contributed by atoms with Gasteiger partial charge in [0, 0.05) is 31.9 Å². The first-order valence-corrected chi connectivity index (χ1v) is 7.24. The normalized spacial score (nSPS) is 16.5. The minimum Gasteiger partial charge on any atom is -0.481 e. The number of hydrogen-bond acceptors (Lipinski definition) is 5. The second kappa shape index (κ2) is 7.19. The highest BCUT2D eigenvalue weighted by Gasteiger charge is 2.40. The summed E-state index contributed by atoms with van der Waals surface area (Å²) in [5.74, 6) is -1.31. The van der Waals surface area contributed by atoms with Crippen LogP contribution in [0.25, 0.3) is 0 Å². The Balaban J connectivity index is 1.95. The van der Waals surface area contributed by atoms with Gasteiger partial charge in [-0.25, -0.2) is 0 Å². The smallest absolute Gasteiger partial charge is 0.311 e. The predicted molar refractivity (Wildman–Crippen MR) is 79.9 cm³/mol. The molecule has 2 N–H and O–H groups in total. The molecule has 1 aliphatic heterocycles. The molecule has 0 unspecified atom stereocenters. The Labute approximate surface area is 132 Å². The molecule has 2 rings (SSSR count). The SMILES string of the molecule is O=C(Cc1cccc([N+](=O)[O-])c1)NCC1(C(=O)O)CCOCC1. The van der Waals surface area contributed by atoms with Crippen LogP contribution in [0.2, 0.25) is 0 Å². The van der Waals surface area contributed by atoms with Gasteiger partial charge in [-0.3, -0.25) is 19.7 Å². The number of hydrogen-bond donors (Lipinski definition) is 2. The Kier molecular flexibility index (Phi) is 5.28. The minimum absolute atomic E-state index is 0.0272. The molecule has 0 spiro atoms. The summed E-state index contributed by atoms with van der Waals surface area (Å²) in [6.45, 7) is 0.736. The molecule has 124 valence electrons. The summed E-state index contributed by atoms with van der Waals surface area (Å²) in [4.78, 5) is 33.7. The standard InChI is InChI=1S/C15H18N2O6/c18-13(9-11-2-1-3-12(8-11)17(21)22)16-10-15(14(19)20)4-6-23-7-5-15/h1-3,8H,4-7,9-10H2,(H,16,18)(H,19,20). The van der Waals surface area contributed by atoms with Gasteiger partial charge in [0.05, 0.1) is 16.8 Å². The lowest BCUT2D eigenvalue weighted by Crippen LogP contribution is -2.46. The Bertz CT molecular complexity index is 610. The summed E-state index contributed by atoms with van der Waals surface area (Å²) in [7, 11) is 0. The van der Waals surface area contributed by atoms with Crippen LogP contribution >= 0.6 is 0 Å². The van der Waals surface area contributed by atoms with Crippen LogP contribution in [-0.4, -0.2) is 41.7 Å². The second-order valence-electron chi connectivity index (χ2n) is 5.58. The molecule has 1 heterocycles. The number of nitro benzene ring substituents is 1. The fourth-order valence-electron chi connectivity index (χ4n) is 2.52. The highest BCUT2D eigenvalue weighted by molar-refractivity contribution is 5.80. The van der Waals surface area contributed by atoms with Crippen molar-refractivity contribution < 1.29 is 24.4 Å². The number of benzene rings is 1. The van der Waals surface area contributed by atoms with Crippen LogP contribution in [0.5, 0.6) is 0 Å². The maximum atomic E-state index is 12.0. The summed E-state index contributed by atoms with van der Waals surface area (Å²) in [5.41, 5.74) is -0.578. The van der Waals surface area contributed by atoms with Crippen molar-refractivity contribution in [2.24, 2.45) is 5.41 Å². The predicted octanol–water partition coefficient (Wildman–Crippen LogP) is 1.13. The van der Waals surface area contributed by atoms with Crippen molar-refractivity contribution in [1.29, 1.82) is 0 Å². The van der Waals surface area contributed by atoms with Crippen molar-refractivity contribution in [1.82, 2.24) is 5.32 Å². The molecule has 1 saturated heterocycles. The van der Waals surface area contributed by atoms with E-state index in [4.69, 9.17) is 4.74 Å².